The van der Waals surface area contributed by atoms with Crippen LogP contribution in [0.15, 0.2) is 12.1 Å². The van der Waals surface area contributed by atoms with E-state index in [0.29, 0.717) is 23.5 Å². The van der Waals surface area contributed by atoms with Gasteiger partial charge in [0, 0.05) is 13.1 Å². The summed E-state index contributed by atoms with van der Waals surface area (Å²) in [5.74, 6) is -0.597. The summed E-state index contributed by atoms with van der Waals surface area (Å²) in [7, 11) is 0. The van der Waals surface area contributed by atoms with E-state index in [9.17, 15) is 9.59 Å². The first kappa shape index (κ1) is 14.5. The Morgan fingerprint density at radius 3 is 2.85 bits per heavy atom. The number of carbonyl (C=O) groups excluding carboxylic acids is 2. The van der Waals surface area contributed by atoms with Crippen LogP contribution in [0.25, 0.3) is 0 Å². The number of amides is 1. The summed E-state index contributed by atoms with van der Waals surface area (Å²) < 4.78 is 4.86. The fourth-order valence-corrected chi connectivity index (χ4v) is 2.09. The van der Waals surface area contributed by atoms with Crippen LogP contribution in [0.2, 0.25) is 0 Å². The van der Waals surface area contributed by atoms with Gasteiger partial charge in [0.1, 0.15) is 12.3 Å². The molecule has 6 nitrogen and oxygen atoms in total. The zero-order valence-corrected chi connectivity index (χ0v) is 11.8. The van der Waals surface area contributed by atoms with E-state index >= 15 is 0 Å². The number of hydrogen-bond acceptors (Lipinski definition) is 5. The summed E-state index contributed by atoms with van der Waals surface area (Å²) in [6.07, 6.45) is 0. The number of rotatable bonds is 6. The third kappa shape index (κ3) is 3.14. The van der Waals surface area contributed by atoms with Crippen LogP contribution in [-0.2, 0) is 11.3 Å². The van der Waals surface area contributed by atoms with Crippen molar-refractivity contribution in [3.05, 3.63) is 29.1 Å². The summed E-state index contributed by atoms with van der Waals surface area (Å²) in [5, 5.41) is 2.83. The molecular formula is C14H19N3O3. The maximum absolute atomic E-state index is 12.0. The number of hydrogen-bond donors (Lipinski definition) is 1. The minimum atomic E-state index is -0.374. The molecule has 6 heteroatoms. The Labute approximate surface area is 118 Å². The highest BCUT2D eigenvalue weighted by Crippen LogP contribution is 2.17. The molecule has 0 saturated carbocycles. The Morgan fingerprint density at radius 2 is 2.15 bits per heavy atom. The van der Waals surface area contributed by atoms with Crippen LogP contribution >= 0.6 is 0 Å². The fourth-order valence-electron chi connectivity index (χ4n) is 2.09. The number of nitrogens with zero attached hydrogens (tertiary/aromatic N) is 2. The van der Waals surface area contributed by atoms with Gasteiger partial charge in [-0.3, -0.25) is 4.79 Å². The average Bonchev–Trinajstić information content (AvgIpc) is 2.84. The van der Waals surface area contributed by atoms with Gasteiger partial charge in [0.25, 0.3) is 5.91 Å². The Hall–Kier alpha value is -1.95. The smallest absolute Gasteiger partial charge is 0.340 e. The van der Waals surface area contributed by atoms with Crippen molar-refractivity contribution < 1.29 is 14.3 Å². The zero-order chi connectivity index (χ0) is 14.5. The van der Waals surface area contributed by atoms with E-state index in [1.54, 1.807) is 12.1 Å². The molecule has 0 bridgehead atoms. The van der Waals surface area contributed by atoms with Crippen LogP contribution in [0.4, 0.5) is 0 Å². The molecule has 0 atom stereocenters. The van der Waals surface area contributed by atoms with E-state index in [4.69, 9.17) is 4.74 Å². The molecule has 1 aromatic rings. The number of esters is 1. The van der Waals surface area contributed by atoms with Gasteiger partial charge in [-0.15, -0.1) is 0 Å². The predicted molar refractivity (Wildman–Crippen MR) is 73.5 cm³/mol. The maximum atomic E-state index is 12.0. The molecule has 20 heavy (non-hydrogen) atoms. The van der Waals surface area contributed by atoms with Crippen molar-refractivity contribution in [1.82, 2.24) is 15.2 Å². The average molecular weight is 277 g/mol. The van der Waals surface area contributed by atoms with Crippen LogP contribution < -0.4 is 5.32 Å². The quantitative estimate of drug-likeness (QED) is 0.780. The summed E-state index contributed by atoms with van der Waals surface area (Å²) >= 11 is 0. The molecule has 1 aliphatic heterocycles. The molecule has 1 amide bonds. The monoisotopic (exact) mass is 277 g/mol. The van der Waals surface area contributed by atoms with E-state index < -0.39 is 0 Å². The number of likely N-dealkylation sites (N-methyl/N-ethyl adjacent to an activating group) is 1. The molecule has 108 valence electrons. The molecular weight excluding hydrogens is 258 g/mol. The van der Waals surface area contributed by atoms with Crippen LogP contribution in [-0.4, -0.2) is 47.9 Å². The van der Waals surface area contributed by atoms with Crippen LogP contribution in [0, 0.1) is 0 Å². The summed E-state index contributed by atoms with van der Waals surface area (Å²) in [6, 6.07) is 3.15. The van der Waals surface area contributed by atoms with E-state index in [0.717, 1.165) is 19.6 Å². The van der Waals surface area contributed by atoms with E-state index in [2.05, 4.69) is 29.0 Å². The molecule has 1 aromatic heterocycles. The van der Waals surface area contributed by atoms with Crippen LogP contribution in [0.1, 0.15) is 40.4 Å². The van der Waals surface area contributed by atoms with Crippen molar-refractivity contribution in [3.63, 3.8) is 0 Å². The van der Waals surface area contributed by atoms with Crippen LogP contribution in [0.5, 0.6) is 0 Å². The fraction of sp³-hybridized carbons (Fsp3) is 0.500. The number of pyridine rings is 1. The van der Waals surface area contributed by atoms with Gasteiger partial charge in [0.05, 0.1) is 11.3 Å². The molecule has 0 saturated heterocycles. The third-order valence-electron chi connectivity index (χ3n) is 3.37. The van der Waals surface area contributed by atoms with Gasteiger partial charge in [-0.2, -0.15) is 0 Å². The normalized spacial score (nSPS) is 13.2. The lowest BCUT2D eigenvalue weighted by Crippen LogP contribution is -2.35. The largest absolute Gasteiger partial charge is 0.456 e. The van der Waals surface area contributed by atoms with E-state index in [-0.39, 0.29) is 18.5 Å². The second-order valence-corrected chi connectivity index (χ2v) is 4.55. The van der Waals surface area contributed by atoms with Gasteiger partial charge in [-0.05, 0) is 25.2 Å². The lowest BCUT2D eigenvalue weighted by molar-refractivity contribution is 0.0533. The molecule has 0 aromatic carbocycles. The highest BCUT2D eigenvalue weighted by atomic mass is 16.5. The van der Waals surface area contributed by atoms with Crippen molar-refractivity contribution in [1.29, 1.82) is 0 Å². The molecule has 0 fully saturated rings. The van der Waals surface area contributed by atoms with E-state index in [1.807, 2.05) is 0 Å². The Balaban J connectivity index is 1.92. The summed E-state index contributed by atoms with van der Waals surface area (Å²) in [5.41, 5.74) is 1.30. The minimum absolute atomic E-state index is 0.148. The number of carbonyl (C=O) groups is 2. The molecule has 1 aliphatic rings. The number of fused-ring (bicyclic) bond motifs is 1. The van der Waals surface area contributed by atoms with Gasteiger partial charge in [-0.1, -0.05) is 13.8 Å². The van der Waals surface area contributed by atoms with Crippen molar-refractivity contribution >= 4 is 11.9 Å². The number of nitrogens with one attached hydrogen (secondary N) is 1. The van der Waals surface area contributed by atoms with Crippen molar-refractivity contribution in [2.75, 3.05) is 26.2 Å². The molecule has 0 radical (unpaired) electrons. The predicted octanol–water partition coefficient (Wildman–Crippen LogP) is 0.824. The van der Waals surface area contributed by atoms with Crippen molar-refractivity contribution in [3.8, 4) is 0 Å². The van der Waals surface area contributed by atoms with E-state index in [1.165, 1.54) is 0 Å². The third-order valence-corrected chi connectivity index (χ3v) is 3.37. The highest BCUT2D eigenvalue weighted by Gasteiger charge is 2.23. The SMILES string of the molecule is CCN(CC)CCNC(=O)c1ccc2c(n1)COC2=O. The second-order valence-electron chi connectivity index (χ2n) is 4.55. The number of aromatic nitrogens is 1. The van der Waals surface area contributed by atoms with Crippen molar-refractivity contribution in [2.45, 2.75) is 20.5 Å². The van der Waals surface area contributed by atoms with Crippen molar-refractivity contribution in [2.24, 2.45) is 0 Å². The first-order chi connectivity index (χ1) is 9.65. The Kier molecular flexibility index (Phi) is 4.68. The molecule has 2 heterocycles. The first-order valence-corrected chi connectivity index (χ1v) is 6.83. The van der Waals surface area contributed by atoms with Gasteiger partial charge in [0.15, 0.2) is 0 Å². The summed E-state index contributed by atoms with van der Waals surface area (Å²) in [4.78, 5) is 29.7. The number of ether oxygens (including phenoxy) is 1. The number of cyclic esters (lactones) is 1. The topological polar surface area (TPSA) is 71.5 Å². The zero-order valence-electron chi connectivity index (χ0n) is 11.8. The van der Waals surface area contributed by atoms with Gasteiger partial charge >= 0.3 is 5.97 Å². The first-order valence-electron chi connectivity index (χ1n) is 6.83. The Morgan fingerprint density at radius 1 is 1.40 bits per heavy atom. The lowest BCUT2D eigenvalue weighted by atomic mass is 10.2. The Bertz CT molecular complexity index is 512. The highest BCUT2D eigenvalue weighted by molar-refractivity contribution is 5.96. The van der Waals surface area contributed by atoms with Gasteiger partial charge in [-0.25, -0.2) is 9.78 Å². The molecule has 0 unspecified atom stereocenters. The minimum Gasteiger partial charge on any atom is -0.456 e. The maximum Gasteiger partial charge on any atom is 0.340 e. The molecule has 0 aliphatic carbocycles. The standard InChI is InChI=1S/C14H19N3O3/c1-3-17(4-2)8-7-15-13(18)11-6-5-10-12(16-11)9-20-14(10)19/h5-6H,3-4,7-9H2,1-2H3,(H,15,18). The summed E-state index contributed by atoms with van der Waals surface area (Å²) in [6.45, 7) is 7.63. The molecule has 2 rings (SSSR count). The molecule has 1 N–H and O–H groups in total. The van der Waals surface area contributed by atoms with Gasteiger partial charge < -0.3 is 15.0 Å². The van der Waals surface area contributed by atoms with Crippen LogP contribution in [0.3, 0.4) is 0 Å². The second kappa shape index (κ2) is 6.47. The van der Waals surface area contributed by atoms with Gasteiger partial charge in [0.2, 0.25) is 0 Å². The lowest BCUT2D eigenvalue weighted by Gasteiger charge is -2.17. The molecule has 0 spiro atoms.